The summed E-state index contributed by atoms with van der Waals surface area (Å²) in [7, 11) is 0. The molecule has 0 bridgehead atoms. The van der Waals surface area contributed by atoms with Crippen LogP contribution in [-0.2, 0) is 6.18 Å². The van der Waals surface area contributed by atoms with Crippen molar-refractivity contribution in [2.75, 3.05) is 18.4 Å². The molecule has 0 spiro atoms. The molecule has 0 radical (unpaired) electrons. The molecule has 0 saturated carbocycles. The van der Waals surface area contributed by atoms with Crippen LogP contribution in [0.2, 0.25) is 0 Å². The van der Waals surface area contributed by atoms with Gasteiger partial charge in [-0.25, -0.2) is 9.78 Å². The second-order valence-corrected chi connectivity index (χ2v) is 6.21. The molecule has 1 N–H and O–H groups in total. The minimum Gasteiger partial charge on any atom is -0.472 e. The van der Waals surface area contributed by atoms with E-state index in [0.29, 0.717) is 19.5 Å². The Labute approximate surface area is 140 Å². The Kier molecular flexibility index (Phi) is 4.61. The maximum atomic E-state index is 12.7. The zero-order valence-electron chi connectivity index (χ0n) is 12.4. The van der Waals surface area contributed by atoms with E-state index in [0.717, 1.165) is 23.3 Å². The van der Waals surface area contributed by atoms with E-state index in [-0.39, 0.29) is 18.0 Å². The highest BCUT2D eigenvalue weighted by molar-refractivity contribution is 7.14. The van der Waals surface area contributed by atoms with Gasteiger partial charge in [-0.1, -0.05) is 0 Å². The van der Waals surface area contributed by atoms with Crippen LogP contribution in [0.3, 0.4) is 0 Å². The SMILES string of the molecule is O=C(Nc1cccs1)N1CC[C@H](Oc2cc(C(F)(F)F)ccn2)C1. The van der Waals surface area contributed by atoms with Gasteiger partial charge in [0, 0.05) is 25.2 Å². The summed E-state index contributed by atoms with van der Waals surface area (Å²) in [4.78, 5) is 17.5. The third kappa shape index (κ3) is 3.97. The highest BCUT2D eigenvalue weighted by Gasteiger charge is 2.32. The maximum Gasteiger partial charge on any atom is 0.416 e. The molecule has 1 fully saturated rings. The molecule has 24 heavy (non-hydrogen) atoms. The first-order valence-electron chi connectivity index (χ1n) is 7.21. The van der Waals surface area contributed by atoms with E-state index in [1.807, 2.05) is 11.4 Å². The standard InChI is InChI=1S/C15H14F3N3O2S/c16-15(17,18)10-3-5-19-12(8-10)23-11-4-6-21(9-11)14(22)20-13-2-1-7-24-13/h1-3,5,7-8,11H,4,6,9H2,(H,20,22)/t11-/m0/s1. The number of hydrogen-bond donors (Lipinski definition) is 1. The number of rotatable bonds is 3. The van der Waals surface area contributed by atoms with Gasteiger partial charge in [0.1, 0.15) is 6.10 Å². The lowest BCUT2D eigenvalue weighted by atomic mass is 10.2. The van der Waals surface area contributed by atoms with Gasteiger partial charge in [-0.05, 0) is 23.6 Å². The van der Waals surface area contributed by atoms with Gasteiger partial charge in [-0.2, -0.15) is 13.2 Å². The van der Waals surface area contributed by atoms with Crippen molar-refractivity contribution < 1.29 is 22.7 Å². The van der Waals surface area contributed by atoms with Crippen LogP contribution in [0.25, 0.3) is 0 Å². The van der Waals surface area contributed by atoms with E-state index in [4.69, 9.17) is 4.74 Å². The van der Waals surface area contributed by atoms with Crippen LogP contribution in [0.5, 0.6) is 5.88 Å². The fraction of sp³-hybridized carbons (Fsp3) is 0.333. The number of carbonyl (C=O) groups excluding carboxylic acids is 1. The van der Waals surface area contributed by atoms with Crippen LogP contribution >= 0.6 is 11.3 Å². The Morgan fingerprint density at radius 3 is 2.96 bits per heavy atom. The average Bonchev–Trinajstić information content (AvgIpc) is 3.18. The van der Waals surface area contributed by atoms with Gasteiger partial charge < -0.3 is 9.64 Å². The van der Waals surface area contributed by atoms with Crippen molar-refractivity contribution >= 4 is 22.4 Å². The number of anilines is 1. The molecule has 2 aromatic heterocycles. The molecular formula is C15H14F3N3O2S. The normalized spacial score (nSPS) is 17.8. The molecule has 0 aromatic carbocycles. The van der Waals surface area contributed by atoms with Crippen molar-refractivity contribution in [1.29, 1.82) is 0 Å². The average molecular weight is 357 g/mol. The van der Waals surface area contributed by atoms with Gasteiger partial charge in [0.15, 0.2) is 0 Å². The number of halogens is 3. The Morgan fingerprint density at radius 1 is 1.42 bits per heavy atom. The number of thiophene rings is 1. The number of urea groups is 1. The molecule has 2 aromatic rings. The number of pyridine rings is 1. The van der Waals surface area contributed by atoms with Crippen molar-refractivity contribution in [3.8, 4) is 5.88 Å². The van der Waals surface area contributed by atoms with Gasteiger partial charge in [0.05, 0.1) is 17.1 Å². The van der Waals surface area contributed by atoms with E-state index >= 15 is 0 Å². The van der Waals surface area contributed by atoms with E-state index in [2.05, 4.69) is 10.3 Å². The summed E-state index contributed by atoms with van der Waals surface area (Å²) in [5.74, 6) is -0.0876. The molecule has 2 amide bonds. The van der Waals surface area contributed by atoms with Crippen molar-refractivity contribution in [3.63, 3.8) is 0 Å². The van der Waals surface area contributed by atoms with Crippen LogP contribution in [0.1, 0.15) is 12.0 Å². The lowest BCUT2D eigenvalue weighted by Gasteiger charge is -2.17. The Hall–Kier alpha value is -2.29. The first kappa shape index (κ1) is 16.6. The minimum absolute atomic E-state index is 0.0876. The highest BCUT2D eigenvalue weighted by Crippen LogP contribution is 2.31. The lowest BCUT2D eigenvalue weighted by Crippen LogP contribution is -2.34. The first-order valence-corrected chi connectivity index (χ1v) is 8.09. The molecule has 128 valence electrons. The molecular weight excluding hydrogens is 343 g/mol. The van der Waals surface area contributed by atoms with Gasteiger partial charge >= 0.3 is 12.2 Å². The summed E-state index contributed by atoms with van der Waals surface area (Å²) in [6.45, 7) is 0.774. The molecule has 0 unspecified atom stereocenters. The number of hydrogen-bond acceptors (Lipinski definition) is 4. The smallest absolute Gasteiger partial charge is 0.416 e. The summed E-state index contributed by atoms with van der Waals surface area (Å²) >= 11 is 1.41. The number of alkyl halides is 3. The maximum absolute atomic E-state index is 12.7. The fourth-order valence-corrected chi connectivity index (χ4v) is 2.97. The molecule has 3 heterocycles. The summed E-state index contributed by atoms with van der Waals surface area (Å²) < 4.78 is 43.6. The summed E-state index contributed by atoms with van der Waals surface area (Å²) in [5.41, 5.74) is -0.808. The zero-order chi connectivity index (χ0) is 17.2. The van der Waals surface area contributed by atoms with Crippen LogP contribution in [-0.4, -0.2) is 35.1 Å². The minimum atomic E-state index is -4.44. The topological polar surface area (TPSA) is 54.5 Å². The number of aromatic nitrogens is 1. The molecule has 1 aliphatic rings. The highest BCUT2D eigenvalue weighted by atomic mass is 32.1. The van der Waals surface area contributed by atoms with E-state index in [9.17, 15) is 18.0 Å². The second-order valence-electron chi connectivity index (χ2n) is 5.26. The number of amides is 2. The summed E-state index contributed by atoms with van der Waals surface area (Å²) in [6.07, 6.45) is -3.22. The van der Waals surface area contributed by atoms with E-state index in [1.54, 1.807) is 11.0 Å². The molecule has 0 aliphatic carbocycles. The van der Waals surface area contributed by atoms with Crippen LogP contribution in [0.4, 0.5) is 23.0 Å². The first-order chi connectivity index (χ1) is 11.4. The number of carbonyl (C=O) groups is 1. The summed E-state index contributed by atoms with van der Waals surface area (Å²) in [5, 5.41) is 5.35. The predicted molar refractivity (Wildman–Crippen MR) is 83.2 cm³/mol. The van der Waals surface area contributed by atoms with Gasteiger partial charge in [0.2, 0.25) is 5.88 Å². The lowest BCUT2D eigenvalue weighted by molar-refractivity contribution is -0.137. The Morgan fingerprint density at radius 2 is 2.25 bits per heavy atom. The van der Waals surface area contributed by atoms with Gasteiger partial charge in [-0.3, -0.25) is 5.32 Å². The Balaban J connectivity index is 1.57. The van der Waals surface area contributed by atoms with Crippen molar-refractivity contribution in [3.05, 3.63) is 41.4 Å². The van der Waals surface area contributed by atoms with Crippen molar-refractivity contribution in [2.24, 2.45) is 0 Å². The third-order valence-corrected chi connectivity index (χ3v) is 4.32. The third-order valence-electron chi connectivity index (χ3n) is 3.53. The molecule has 9 heteroatoms. The van der Waals surface area contributed by atoms with Gasteiger partial charge in [0.25, 0.3) is 0 Å². The van der Waals surface area contributed by atoms with Crippen molar-refractivity contribution in [2.45, 2.75) is 18.7 Å². The van der Waals surface area contributed by atoms with Crippen LogP contribution in [0.15, 0.2) is 35.8 Å². The fourth-order valence-electron chi connectivity index (χ4n) is 2.36. The zero-order valence-corrected chi connectivity index (χ0v) is 13.2. The van der Waals surface area contributed by atoms with Crippen molar-refractivity contribution in [1.82, 2.24) is 9.88 Å². The molecule has 3 rings (SSSR count). The molecule has 1 aliphatic heterocycles. The predicted octanol–water partition coefficient (Wildman–Crippen LogP) is 3.85. The van der Waals surface area contributed by atoms with Gasteiger partial charge in [-0.15, -0.1) is 11.3 Å². The van der Waals surface area contributed by atoms with E-state index < -0.39 is 11.7 Å². The number of likely N-dealkylation sites (tertiary alicyclic amines) is 1. The quantitative estimate of drug-likeness (QED) is 0.908. The monoisotopic (exact) mass is 357 g/mol. The molecule has 1 atom stereocenters. The van der Waals surface area contributed by atoms with E-state index in [1.165, 1.54) is 11.3 Å². The number of nitrogens with zero attached hydrogens (tertiary/aromatic N) is 2. The summed E-state index contributed by atoms with van der Waals surface area (Å²) in [6, 6.07) is 5.13. The molecule has 5 nitrogen and oxygen atoms in total. The largest absolute Gasteiger partial charge is 0.472 e. The van der Waals surface area contributed by atoms with Crippen LogP contribution < -0.4 is 10.1 Å². The number of ether oxygens (including phenoxy) is 1. The number of nitrogens with one attached hydrogen (secondary N) is 1. The van der Waals surface area contributed by atoms with Crippen LogP contribution in [0, 0.1) is 0 Å². The Bertz CT molecular complexity index is 706. The second kappa shape index (κ2) is 6.68. The molecule has 1 saturated heterocycles.